The molecule has 1 unspecified atom stereocenters. The summed E-state index contributed by atoms with van der Waals surface area (Å²) in [7, 11) is 1.89. The fraction of sp³-hybridized carbons (Fsp3) is 0.571. The predicted molar refractivity (Wildman–Crippen MR) is 119 cm³/mol. The molecule has 2 aliphatic rings. The van der Waals surface area contributed by atoms with E-state index in [0.717, 1.165) is 51.2 Å². The van der Waals surface area contributed by atoms with Crippen LogP contribution in [0.5, 0.6) is 0 Å². The van der Waals surface area contributed by atoms with Crippen LogP contribution in [-0.2, 0) is 6.54 Å². The molecule has 0 saturated carbocycles. The second-order valence-corrected chi connectivity index (χ2v) is 8.81. The van der Waals surface area contributed by atoms with E-state index in [1.165, 1.54) is 30.8 Å². The number of thiophene rings is 1. The molecular weight excluding hydrogens is 382 g/mol. The minimum atomic E-state index is 0.680. The molecule has 1 atom stereocenters. The number of guanidine groups is 1. The van der Waals surface area contributed by atoms with Crippen molar-refractivity contribution in [1.29, 1.82) is 0 Å². The maximum atomic E-state index is 4.54. The van der Waals surface area contributed by atoms with Gasteiger partial charge in [-0.1, -0.05) is 6.07 Å². The minimum absolute atomic E-state index is 0.680. The van der Waals surface area contributed by atoms with Crippen LogP contribution in [0.25, 0.3) is 0 Å². The van der Waals surface area contributed by atoms with Gasteiger partial charge in [0, 0.05) is 70.1 Å². The van der Waals surface area contributed by atoms with Gasteiger partial charge < -0.3 is 15.1 Å². The smallest absolute Gasteiger partial charge is 0.225 e. The van der Waals surface area contributed by atoms with Gasteiger partial charge in [0.15, 0.2) is 5.96 Å². The van der Waals surface area contributed by atoms with Gasteiger partial charge in [-0.2, -0.15) is 0 Å². The quantitative estimate of drug-likeness (QED) is 0.599. The van der Waals surface area contributed by atoms with Gasteiger partial charge in [-0.05, 0) is 42.8 Å². The van der Waals surface area contributed by atoms with Gasteiger partial charge in [0.1, 0.15) is 0 Å². The SMILES string of the molecule is CN=C(NCC1CCCN(Cc2cccs2)C1)N1CCN(c2ncccn2)CC1. The molecule has 2 aromatic rings. The molecule has 4 rings (SSSR count). The summed E-state index contributed by atoms with van der Waals surface area (Å²) >= 11 is 1.86. The van der Waals surface area contributed by atoms with Gasteiger partial charge in [0.25, 0.3) is 0 Å². The van der Waals surface area contributed by atoms with Crippen LogP contribution in [-0.4, -0.2) is 78.6 Å². The van der Waals surface area contributed by atoms with Crippen molar-refractivity contribution in [1.82, 2.24) is 25.1 Å². The van der Waals surface area contributed by atoms with E-state index in [2.05, 4.69) is 52.5 Å². The van der Waals surface area contributed by atoms with Gasteiger partial charge in [-0.25, -0.2) is 9.97 Å². The van der Waals surface area contributed by atoms with Crippen molar-refractivity contribution in [3.8, 4) is 0 Å². The molecule has 156 valence electrons. The van der Waals surface area contributed by atoms with Gasteiger partial charge in [-0.15, -0.1) is 11.3 Å². The molecule has 0 bridgehead atoms. The number of hydrogen-bond acceptors (Lipinski definition) is 6. The highest BCUT2D eigenvalue weighted by Crippen LogP contribution is 2.20. The van der Waals surface area contributed by atoms with Crippen LogP contribution >= 0.6 is 11.3 Å². The number of nitrogens with zero attached hydrogens (tertiary/aromatic N) is 6. The second kappa shape index (κ2) is 10.0. The number of aliphatic imine (C=N–C) groups is 1. The fourth-order valence-corrected chi connectivity index (χ4v) is 4.97. The summed E-state index contributed by atoms with van der Waals surface area (Å²) in [6, 6.07) is 6.25. The molecule has 29 heavy (non-hydrogen) atoms. The Balaban J connectivity index is 1.23. The van der Waals surface area contributed by atoms with Gasteiger partial charge in [0.05, 0.1) is 0 Å². The Labute approximate surface area is 177 Å². The lowest BCUT2D eigenvalue weighted by Gasteiger charge is -2.37. The molecule has 0 amide bonds. The van der Waals surface area contributed by atoms with Crippen molar-refractivity contribution < 1.29 is 0 Å². The minimum Gasteiger partial charge on any atom is -0.356 e. The van der Waals surface area contributed by atoms with Crippen LogP contribution in [0.2, 0.25) is 0 Å². The predicted octanol–water partition coefficient (Wildman–Crippen LogP) is 2.15. The summed E-state index contributed by atoms with van der Waals surface area (Å²) in [5.74, 6) is 2.52. The van der Waals surface area contributed by atoms with Crippen LogP contribution in [0.4, 0.5) is 5.95 Å². The Bertz CT molecular complexity index is 757. The summed E-state index contributed by atoms with van der Waals surface area (Å²) < 4.78 is 0. The zero-order valence-electron chi connectivity index (χ0n) is 17.2. The topological polar surface area (TPSA) is 59.9 Å². The molecule has 0 aromatic carbocycles. The molecule has 2 aliphatic heterocycles. The number of anilines is 1. The Morgan fingerprint density at radius 3 is 2.72 bits per heavy atom. The van der Waals surface area contributed by atoms with Crippen molar-refractivity contribution >= 4 is 23.2 Å². The van der Waals surface area contributed by atoms with Crippen LogP contribution in [0, 0.1) is 5.92 Å². The first-order chi connectivity index (χ1) is 14.3. The molecule has 2 saturated heterocycles. The summed E-state index contributed by atoms with van der Waals surface area (Å²) in [6.45, 7) is 8.18. The average molecular weight is 414 g/mol. The van der Waals surface area contributed by atoms with Gasteiger partial charge in [-0.3, -0.25) is 9.89 Å². The average Bonchev–Trinajstić information content (AvgIpc) is 3.29. The monoisotopic (exact) mass is 413 g/mol. The van der Waals surface area contributed by atoms with Crippen LogP contribution in [0.3, 0.4) is 0 Å². The summed E-state index contributed by atoms with van der Waals surface area (Å²) in [6.07, 6.45) is 6.19. The molecule has 0 radical (unpaired) electrons. The van der Waals surface area contributed by atoms with Crippen molar-refractivity contribution in [2.45, 2.75) is 19.4 Å². The van der Waals surface area contributed by atoms with E-state index < -0.39 is 0 Å². The van der Waals surface area contributed by atoms with E-state index in [4.69, 9.17) is 0 Å². The van der Waals surface area contributed by atoms with Crippen LogP contribution in [0.1, 0.15) is 17.7 Å². The summed E-state index contributed by atoms with van der Waals surface area (Å²) in [5.41, 5.74) is 0. The van der Waals surface area contributed by atoms with E-state index in [1.807, 2.05) is 24.5 Å². The van der Waals surface area contributed by atoms with Crippen LogP contribution < -0.4 is 10.2 Å². The Kier molecular flexibility index (Phi) is 6.95. The summed E-state index contributed by atoms with van der Waals surface area (Å²) in [5, 5.41) is 5.82. The van der Waals surface area contributed by atoms with E-state index in [9.17, 15) is 0 Å². The second-order valence-electron chi connectivity index (χ2n) is 7.77. The Morgan fingerprint density at radius 1 is 1.17 bits per heavy atom. The number of likely N-dealkylation sites (tertiary alicyclic amines) is 1. The Hall–Kier alpha value is -2.19. The zero-order valence-corrected chi connectivity index (χ0v) is 18.0. The normalized spacial score (nSPS) is 21.4. The molecule has 2 fully saturated rings. The lowest BCUT2D eigenvalue weighted by atomic mass is 9.98. The molecule has 4 heterocycles. The number of piperidine rings is 1. The van der Waals surface area contributed by atoms with Crippen molar-refractivity contribution in [2.75, 3.05) is 57.8 Å². The highest BCUT2D eigenvalue weighted by atomic mass is 32.1. The summed E-state index contributed by atoms with van der Waals surface area (Å²) in [4.78, 5) is 21.9. The van der Waals surface area contributed by atoms with Gasteiger partial charge >= 0.3 is 0 Å². The third-order valence-electron chi connectivity index (χ3n) is 5.74. The molecular formula is C21H31N7S. The first-order valence-electron chi connectivity index (χ1n) is 10.5. The first-order valence-corrected chi connectivity index (χ1v) is 11.4. The molecule has 2 aromatic heterocycles. The van der Waals surface area contributed by atoms with Crippen molar-refractivity contribution in [2.24, 2.45) is 10.9 Å². The maximum Gasteiger partial charge on any atom is 0.225 e. The number of aromatic nitrogens is 2. The molecule has 7 nitrogen and oxygen atoms in total. The number of rotatable bonds is 5. The maximum absolute atomic E-state index is 4.54. The van der Waals surface area contributed by atoms with Crippen molar-refractivity contribution in [3.63, 3.8) is 0 Å². The Morgan fingerprint density at radius 2 is 2.00 bits per heavy atom. The molecule has 1 N–H and O–H groups in total. The van der Waals surface area contributed by atoms with Crippen LogP contribution in [0.15, 0.2) is 41.0 Å². The fourth-order valence-electron chi connectivity index (χ4n) is 4.23. The van der Waals surface area contributed by atoms with E-state index >= 15 is 0 Å². The van der Waals surface area contributed by atoms with E-state index in [0.29, 0.717) is 5.92 Å². The number of nitrogens with one attached hydrogen (secondary N) is 1. The highest BCUT2D eigenvalue weighted by Gasteiger charge is 2.23. The molecule has 0 spiro atoms. The third-order valence-corrected chi connectivity index (χ3v) is 6.60. The zero-order chi connectivity index (χ0) is 19.9. The third kappa shape index (κ3) is 5.45. The molecule has 0 aliphatic carbocycles. The standard InChI is InChI=1S/C21H31N7S/c1-22-20(27-10-12-28(13-11-27)21-23-7-4-8-24-21)25-15-18-5-2-9-26(16-18)17-19-6-3-14-29-19/h3-4,6-8,14,18H,2,5,9-13,15-17H2,1H3,(H,22,25). The lowest BCUT2D eigenvalue weighted by Crippen LogP contribution is -2.54. The molecule has 8 heteroatoms. The highest BCUT2D eigenvalue weighted by molar-refractivity contribution is 7.09. The largest absolute Gasteiger partial charge is 0.356 e. The lowest BCUT2D eigenvalue weighted by molar-refractivity contribution is 0.169. The number of piperazine rings is 1. The first kappa shape index (κ1) is 20.1. The van der Waals surface area contributed by atoms with Crippen molar-refractivity contribution in [3.05, 3.63) is 40.8 Å². The van der Waals surface area contributed by atoms with E-state index in [1.54, 1.807) is 12.4 Å². The van der Waals surface area contributed by atoms with E-state index in [-0.39, 0.29) is 0 Å². The van der Waals surface area contributed by atoms with Gasteiger partial charge in [0.2, 0.25) is 5.95 Å². The number of hydrogen-bond donors (Lipinski definition) is 1.